The smallest absolute Gasteiger partial charge is 0.295 e. The van der Waals surface area contributed by atoms with Crippen LogP contribution in [0.5, 0.6) is 5.75 Å². The highest BCUT2D eigenvalue weighted by atomic mass is 16.5. The Kier molecular flexibility index (Phi) is 6.24. The van der Waals surface area contributed by atoms with E-state index in [0.717, 1.165) is 11.1 Å². The summed E-state index contributed by atoms with van der Waals surface area (Å²) >= 11 is 0. The van der Waals surface area contributed by atoms with Gasteiger partial charge in [-0.05, 0) is 18.4 Å². The van der Waals surface area contributed by atoms with Gasteiger partial charge in [-0.3, -0.25) is 14.6 Å². The predicted octanol–water partition coefficient (Wildman–Crippen LogP) is 4.16. The van der Waals surface area contributed by atoms with Crippen LogP contribution < -0.4 is 4.74 Å². The number of carbonyl (C=O) groups is 2. The van der Waals surface area contributed by atoms with Gasteiger partial charge in [0.1, 0.15) is 12.1 Å². The number of pyridine rings is 1. The third-order valence-corrected chi connectivity index (χ3v) is 6.32. The van der Waals surface area contributed by atoms with Crippen LogP contribution >= 0.6 is 0 Å². The minimum Gasteiger partial charge on any atom is -0.494 e. The maximum Gasteiger partial charge on any atom is 0.295 e. The van der Waals surface area contributed by atoms with Gasteiger partial charge in [-0.25, -0.2) is 14.8 Å². The van der Waals surface area contributed by atoms with Crippen LogP contribution in [0.15, 0.2) is 67.0 Å². The van der Waals surface area contributed by atoms with Gasteiger partial charge >= 0.3 is 0 Å². The van der Waals surface area contributed by atoms with E-state index in [4.69, 9.17) is 11.3 Å². The average molecular weight is 479 g/mol. The Bertz CT molecular complexity index is 1510. The number of ether oxygens (including phenoxy) is 1. The topological polar surface area (TPSA) is 105 Å². The number of H-pyrrole nitrogens is 1. The van der Waals surface area contributed by atoms with Crippen LogP contribution in [-0.2, 0) is 4.79 Å². The number of hydrogen-bond acceptors (Lipinski definition) is 6. The number of aromatic nitrogens is 4. The number of nitrogens with one attached hydrogen (secondary N) is 1. The van der Waals surface area contributed by atoms with Gasteiger partial charge in [-0.15, -0.1) is 0 Å². The van der Waals surface area contributed by atoms with Gasteiger partial charge in [0, 0.05) is 37.2 Å². The Morgan fingerprint density at radius 3 is 2.47 bits per heavy atom. The summed E-state index contributed by atoms with van der Waals surface area (Å²) in [6.07, 6.45) is 8.81. The Morgan fingerprint density at radius 1 is 1.08 bits per heavy atom. The van der Waals surface area contributed by atoms with E-state index in [-0.39, 0.29) is 5.56 Å². The fourth-order valence-electron chi connectivity index (χ4n) is 4.51. The van der Waals surface area contributed by atoms with Crippen LogP contribution in [0.4, 0.5) is 0 Å². The summed E-state index contributed by atoms with van der Waals surface area (Å²) in [5, 5.41) is 0.488. The van der Waals surface area contributed by atoms with E-state index < -0.39 is 11.7 Å². The van der Waals surface area contributed by atoms with E-state index in [1.54, 1.807) is 17.3 Å². The molecule has 0 atom stereocenters. The second-order valence-corrected chi connectivity index (χ2v) is 8.31. The number of amides is 1. The van der Waals surface area contributed by atoms with Gasteiger partial charge in [0.25, 0.3) is 11.7 Å². The van der Waals surface area contributed by atoms with Crippen molar-refractivity contribution in [1.29, 1.82) is 0 Å². The fraction of sp³-hybridized carbons (Fsp3) is 0.185. The molecule has 0 bridgehead atoms. The van der Waals surface area contributed by atoms with Crippen molar-refractivity contribution in [3.8, 4) is 17.0 Å². The molecular formula is C27H22N6O3. The van der Waals surface area contributed by atoms with Gasteiger partial charge < -0.3 is 14.6 Å². The number of nitrogens with zero attached hydrogens (tertiary/aromatic N) is 5. The van der Waals surface area contributed by atoms with E-state index in [1.807, 2.05) is 30.3 Å². The van der Waals surface area contributed by atoms with Crippen LogP contribution in [0.2, 0.25) is 0 Å². The molecule has 1 aliphatic heterocycles. The number of ketones is 1. The molecule has 4 aromatic rings. The summed E-state index contributed by atoms with van der Waals surface area (Å²) in [6, 6.07) is 9.54. The minimum absolute atomic E-state index is 0.222. The summed E-state index contributed by atoms with van der Waals surface area (Å²) in [5.41, 5.74) is 4.51. The SMILES string of the molecule is [C-]#[N+]C(=C1CCN(C(=O)C(=O)c2c[nH]c3c(-c4cncnc4)ncc(OC)c23)CC1)c1ccccc1. The number of benzene rings is 1. The van der Waals surface area contributed by atoms with Crippen LogP contribution in [0.1, 0.15) is 28.8 Å². The lowest BCUT2D eigenvalue weighted by Crippen LogP contribution is -2.40. The monoisotopic (exact) mass is 478 g/mol. The normalized spacial score (nSPS) is 13.3. The van der Waals surface area contributed by atoms with Crippen molar-refractivity contribution in [1.82, 2.24) is 24.8 Å². The van der Waals surface area contributed by atoms with Gasteiger partial charge in [0.05, 0.1) is 42.0 Å². The Balaban J connectivity index is 1.41. The number of methoxy groups -OCH3 is 1. The van der Waals surface area contributed by atoms with E-state index in [1.165, 1.54) is 25.8 Å². The summed E-state index contributed by atoms with van der Waals surface area (Å²) in [4.78, 5) is 47.5. The molecule has 1 fully saturated rings. The summed E-state index contributed by atoms with van der Waals surface area (Å²) < 4.78 is 5.46. The maximum atomic E-state index is 13.4. The zero-order valence-electron chi connectivity index (χ0n) is 19.6. The van der Waals surface area contributed by atoms with Crippen molar-refractivity contribution in [2.24, 2.45) is 0 Å². The molecule has 9 heteroatoms. The Morgan fingerprint density at radius 2 is 1.81 bits per heavy atom. The fourth-order valence-corrected chi connectivity index (χ4v) is 4.51. The summed E-state index contributed by atoms with van der Waals surface area (Å²) in [5.74, 6) is -0.819. The molecule has 178 valence electrons. The largest absolute Gasteiger partial charge is 0.494 e. The number of fused-ring (bicyclic) bond motifs is 1. The van der Waals surface area contributed by atoms with Crippen molar-refractivity contribution < 1.29 is 14.3 Å². The quantitative estimate of drug-likeness (QED) is 0.262. The van der Waals surface area contributed by atoms with Crippen LogP contribution in [-0.4, -0.2) is 56.7 Å². The van der Waals surface area contributed by atoms with E-state index in [0.29, 0.717) is 59.5 Å². The molecule has 0 saturated carbocycles. The molecule has 1 amide bonds. The second kappa shape index (κ2) is 9.80. The zero-order valence-corrected chi connectivity index (χ0v) is 19.6. The van der Waals surface area contributed by atoms with Gasteiger partial charge in [-0.2, -0.15) is 0 Å². The third-order valence-electron chi connectivity index (χ3n) is 6.32. The zero-order chi connectivity index (χ0) is 25.1. The number of hydrogen-bond donors (Lipinski definition) is 1. The lowest BCUT2D eigenvalue weighted by Gasteiger charge is -2.28. The second-order valence-electron chi connectivity index (χ2n) is 8.31. The number of aromatic amines is 1. The van der Waals surface area contributed by atoms with Gasteiger partial charge in [0.15, 0.2) is 5.70 Å². The van der Waals surface area contributed by atoms with Gasteiger partial charge in [-0.1, -0.05) is 35.9 Å². The number of piperidine rings is 1. The molecule has 1 aromatic carbocycles. The first kappa shape index (κ1) is 22.9. The number of carbonyl (C=O) groups excluding carboxylic acids is 2. The van der Waals surface area contributed by atoms with E-state index in [2.05, 4.69) is 24.8 Å². The lowest BCUT2D eigenvalue weighted by molar-refractivity contribution is -0.126. The first-order chi connectivity index (χ1) is 17.6. The van der Waals surface area contributed by atoms with Gasteiger partial charge in [0.2, 0.25) is 0 Å². The van der Waals surface area contributed by atoms with Crippen LogP contribution in [0, 0.1) is 6.57 Å². The molecule has 5 rings (SSSR count). The number of Topliss-reactive ketones (excluding diaryl/α,β-unsaturated/α-hetero) is 1. The maximum absolute atomic E-state index is 13.4. The minimum atomic E-state index is -0.623. The molecule has 0 radical (unpaired) electrons. The highest BCUT2D eigenvalue weighted by molar-refractivity contribution is 6.45. The van der Waals surface area contributed by atoms with E-state index in [9.17, 15) is 9.59 Å². The molecule has 0 aliphatic carbocycles. The van der Waals surface area contributed by atoms with E-state index >= 15 is 0 Å². The Hall–Kier alpha value is -4.84. The number of likely N-dealkylation sites (tertiary alicyclic amines) is 1. The lowest BCUT2D eigenvalue weighted by atomic mass is 9.97. The third kappa shape index (κ3) is 4.09. The van der Waals surface area contributed by atoms with Crippen molar-refractivity contribution >= 4 is 28.3 Å². The van der Waals surface area contributed by atoms with Crippen molar-refractivity contribution in [2.75, 3.05) is 20.2 Å². The predicted molar refractivity (Wildman–Crippen MR) is 134 cm³/mol. The first-order valence-electron chi connectivity index (χ1n) is 11.4. The van der Waals surface area contributed by atoms with Crippen LogP contribution in [0.25, 0.3) is 32.7 Å². The summed E-state index contributed by atoms with van der Waals surface area (Å²) in [7, 11) is 1.49. The van der Waals surface area contributed by atoms with Crippen molar-refractivity contribution in [3.63, 3.8) is 0 Å². The molecule has 3 aromatic heterocycles. The molecule has 1 N–H and O–H groups in total. The Labute approximate surface area is 207 Å². The standard InChI is InChI=1S/C27H22N6O3/c1-28-23(17-6-4-3-5-7-17)18-8-10-33(11-9-18)27(35)26(34)20-14-31-25-22(20)21(36-2)15-32-24(25)19-12-29-16-30-13-19/h3-7,12-16,31H,8-11H2,2H3. The molecule has 1 saturated heterocycles. The van der Waals surface area contributed by atoms with Crippen molar-refractivity contribution in [2.45, 2.75) is 12.8 Å². The molecular weight excluding hydrogens is 456 g/mol. The molecule has 1 aliphatic rings. The van der Waals surface area contributed by atoms with Crippen molar-refractivity contribution in [3.05, 3.63) is 89.6 Å². The molecule has 36 heavy (non-hydrogen) atoms. The summed E-state index contributed by atoms with van der Waals surface area (Å²) in [6.45, 7) is 8.38. The highest BCUT2D eigenvalue weighted by Gasteiger charge is 2.30. The molecule has 0 unspecified atom stereocenters. The molecule has 0 spiro atoms. The van der Waals surface area contributed by atoms with Crippen LogP contribution in [0.3, 0.4) is 0 Å². The molecule has 9 nitrogen and oxygen atoms in total. The highest BCUT2D eigenvalue weighted by Crippen LogP contribution is 2.35. The average Bonchev–Trinajstić information content (AvgIpc) is 3.39. The molecule has 4 heterocycles. The first-order valence-corrected chi connectivity index (χ1v) is 11.4. The number of rotatable bonds is 5.